The molecule has 0 aliphatic heterocycles. The molecule has 6 nitrogen and oxygen atoms in total. The van der Waals surface area contributed by atoms with Crippen LogP contribution in [0.15, 0.2) is 42.6 Å². The summed E-state index contributed by atoms with van der Waals surface area (Å²) in [6.07, 6.45) is 1.55. The number of anilines is 2. The third-order valence-electron chi connectivity index (χ3n) is 3.86. The van der Waals surface area contributed by atoms with Gasteiger partial charge in [-0.25, -0.2) is 0 Å². The summed E-state index contributed by atoms with van der Waals surface area (Å²) < 4.78 is 16.0. The number of methoxy groups -OCH3 is 3. The third kappa shape index (κ3) is 3.58. The largest absolute Gasteiger partial charge is 0.497 e. The predicted octanol–water partition coefficient (Wildman–Crippen LogP) is 4.30. The summed E-state index contributed by atoms with van der Waals surface area (Å²) >= 11 is 0. The summed E-state index contributed by atoms with van der Waals surface area (Å²) in [6.45, 7) is 0. The molecule has 1 N–H and O–H groups in total. The van der Waals surface area contributed by atoms with Crippen molar-refractivity contribution in [3.63, 3.8) is 0 Å². The molecule has 2 aromatic carbocycles. The van der Waals surface area contributed by atoms with Crippen molar-refractivity contribution in [1.82, 2.24) is 4.98 Å². The molecule has 26 heavy (non-hydrogen) atoms. The SMILES string of the molecule is COc1ccc(OC)c(Nc2c(C#N)cnc3ccc(OC)cc23)c1.Cl. The molecule has 0 spiro atoms. The van der Waals surface area contributed by atoms with Crippen molar-refractivity contribution in [1.29, 1.82) is 5.26 Å². The van der Waals surface area contributed by atoms with E-state index in [-0.39, 0.29) is 12.4 Å². The van der Waals surface area contributed by atoms with Crippen LogP contribution in [-0.2, 0) is 0 Å². The van der Waals surface area contributed by atoms with Crippen molar-refractivity contribution < 1.29 is 14.2 Å². The Morgan fingerprint density at radius 3 is 2.31 bits per heavy atom. The van der Waals surface area contributed by atoms with Gasteiger partial charge in [0.15, 0.2) is 0 Å². The van der Waals surface area contributed by atoms with Crippen molar-refractivity contribution in [2.24, 2.45) is 0 Å². The first-order valence-corrected chi connectivity index (χ1v) is 7.56. The number of ether oxygens (including phenoxy) is 3. The molecule has 0 saturated carbocycles. The van der Waals surface area contributed by atoms with Gasteiger partial charge in [0.2, 0.25) is 0 Å². The third-order valence-corrected chi connectivity index (χ3v) is 3.86. The second kappa shape index (κ2) is 8.28. The van der Waals surface area contributed by atoms with E-state index in [0.717, 1.165) is 10.9 Å². The Morgan fingerprint density at radius 2 is 1.65 bits per heavy atom. The summed E-state index contributed by atoms with van der Waals surface area (Å²) in [5.41, 5.74) is 2.50. The summed E-state index contributed by atoms with van der Waals surface area (Å²) in [4.78, 5) is 4.33. The minimum Gasteiger partial charge on any atom is -0.497 e. The van der Waals surface area contributed by atoms with Crippen LogP contribution in [0, 0.1) is 11.3 Å². The number of benzene rings is 2. The lowest BCUT2D eigenvalue weighted by molar-refractivity contribution is 0.405. The highest BCUT2D eigenvalue weighted by Gasteiger charge is 2.13. The number of rotatable bonds is 5. The van der Waals surface area contributed by atoms with E-state index in [9.17, 15) is 5.26 Å². The quantitative estimate of drug-likeness (QED) is 0.720. The van der Waals surface area contributed by atoms with Crippen molar-refractivity contribution in [2.75, 3.05) is 26.6 Å². The highest BCUT2D eigenvalue weighted by Crippen LogP contribution is 2.36. The highest BCUT2D eigenvalue weighted by molar-refractivity contribution is 5.97. The second-order valence-corrected chi connectivity index (χ2v) is 5.23. The lowest BCUT2D eigenvalue weighted by Crippen LogP contribution is -2.00. The molecule has 3 rings (SSSR count). The number of aromatic nitrogens is 1. The molecular formula is C19H18ClN3O3. The molecule has 7 heteroatoms. The Bertz CT molecular complexity index is 970. The normalized spacial score (nSPS) is 9.77. The summed E-state index contributed by atoms with van der Waals surface area (Å²) in [7, 11) is 4.78. The molecule has 1 heterocycles. The van der Waals surface area contributed by atoms with E-state index >= 15 is 0 Å². The van der Waals surface area contributed by atoms with Crippen LogP contribution < -0.4 is 19.5 Å². The van der Waals surface area contributed by atoms with Gasteiger partial charge in [-0.2, -0.15) is 5.26 Å². The fourth-order valence-corrected chi connectivity index (χ4v) is 2.56. The standard InChI is InChI=1S/C19H17N3O3.ClH/c1-23-13-4-6-16-15(8-13)19(12(10-20)11-21-16)22-17-9-14(24-2)5-7-18(17)25-3;/h4-9,11H,1-3H3,(H,21,22);1H. The first-order chi connectivity index (χ1) is 12.2. The number of hydrogen-bond acceptors (Lipinski definition) is 6. The first kappa shape index (κ1) is 19.2. The van der Waals surface area contributed by atoms with Crippen LogP contribution in [0.5, 0.6) is 17.2 Å². The van der Waals surface area contributed by atoms with E-state index in [1.165, 1.54) is 0 Å². The van der Waals surface area contributed by atoms with Gasteiger partial charge in [0.25, 0.3) is 0 Å². The van der Waals surface area contributed by atoms with Crippen molar-refractivity contribution in [3.05, 3.63) is 48.2 Å². The number of nitrogens with one attached hydrogen (secondary N) is 1. The molecule has 0 bridgehead atoms. The molecule has 0 aliphatic rings. The zero-order valence-electron chi connectivity index (χ0n) is 14.6. The van der Waals surface area contributed by atoms with E-state index < -0.39 is 0 Å². The summed E-state index contributed by atoms with van der Waals surface area (Å²) in [5, 5.41) is 13.6. The van der Waals surface area contributed by atoms with Crippen LogP contribution >= 0.6 is 12.4 Å². The lowest BCUT2D eigenvalue weighted by atomic mass is 10.1. The Kier molecular flexibility index (Phi) is 6.10. The van der Waals surface area contributed by atoms with E-state index in [1.807, 2.05) is 30.3 Å². The predicted molar refractivity (Wildman–Crippen MR) is 103 cm³/mol. The Labute approximate surface area is 157 Å². The monoisotopic (exact) mass is 371 g/mol. The molecule has 0 radical (unpaired) electrons. The van der Waals surface area contributed by atoms with Gasteiger partial charge in [-0.05, 0) is 30.3 Å². The van der Waals surface area contributed by atoms with Gasteiger partial charge in [-0.3, -0.25) is 4.98 Å². The summed E-state index contributed by atoms with van der Waals surface area (Å²) in [6, 6.07) is 13.1. The van der Waals surface area contributed by atoms with Crippen LogP contribution in [-0.4, -0.2) is 26.3 Å². The highest BCUT2D eigenvalue weighted by atomic mass is 35.5. The van der Waals surface area contributed by atoms with Crippen LogP contribution in [0.4, 0.5) is 11.4 Å². The van der Waals surface area contributed by atoms with Crippen molar-refractivity contribution in [2.45, 2.75) is 0 Å². The Hall–Kier alpha value is -3.17. The number of hydrogen-bond donors (Lipinski definition) is 1. The number of fused-ring (bicyclic) bond motifs is 1. The molecule has 0 fully saturated rings. The molecule has 0 unspecified atom stereocenters. The average Bonchev–Trinajstić information content (AvgIpc) is 2.67. The number of pyridine rings is 1. The van der Waals surface area contributed by atoms with Gasteiger partial charge in [0.05, 0.1) is 43.8 Å². The maximum Gasteiger partial charge on any atom is 0.142 e. The second-order valence-electron chi connectivity index (χ2n) is 5.23. The fraction of sp³-hybridized carbons (Fsp3) is 0.158. The van der Waals surface area contributed by atoms with E-state index in [2.05, 4.69) is 16.4 Å². The maximum absolute atomic E-state index is 9.49. The van der Waals surface area contributed by atoms with Crippen LogP contribution in [0.3, 0.4) is 0 Å². The van der Waals surface area contributed by atoms with Gasteiger partial charge in [0, 0.05) is 17.6 Å². The number of nitrogens with zero attached hydrogens (tertiary/aromatic N) is 2. The van der Waals surface area contributed by atoms with Crippen LogP contribution in [0.25, 0.3) is 10.9 Å². The smallest absolute Gasteiger partial charge is 0.142 e. The first-order valence-electron chi connectivity index (χ1n) is 7.56. The number of nitriles is 1. The number of halogens is 1. The van der Waals surface area contributed by atoms with Gasteiger partial charge in [0.1, 0.15) is 23.3 Å². The molecule has 1 aromatic heterocycles. The molecule has 0 atom stereocenters. The maximum atomic E-state index is 9.49. The molecule has 0 aliphatic carbocycles. The zero-order valence-corrected chi connectivity index (χ0v) is 15.4. The summed E-state index contributed by atoms with van der Waals surface area (Å²) in [5.74, 6) is 2.00. The lowest BCUT2D eigenvalue weighted by Gasteiger charge is -2.15. The Balaban J connectivity index is 0.00000243. The van der Waals surface area contributed by atoms with Gasteiger partial charge in [-0.15, -0.1) is 12.4 Å². The van der Waals surface area contributed by atoms with Gasteiger partial charge >= 0.3 is 0 Å². The average molecular weight is 372 g/mol. The van der Waals surface area contributed by atoms with E-state index in [1.54, 1.807) is 33.6 Å². The van der Waals surface area contributed by atoms with Gasteiger partial charge < -0.3 is 19.5 Å². The topological polar surface area (TPSA) is 76.4 Å². The van der Waals surface area contributed by atoms with E-state index in [0.29, 0.717) is 34.2 Å². The fourth-order valence-electron chi connectivity index (χ4n) is 2.56. The molecule has 0 saturated heterocycles. The van der Waals surface area contributed by atoms with Crippen LogP contribution in [0.1, 0.15) is 5.56 Å². The zero-order chi connectivity index (χ0) is 17.8. The van der Waals surface area contributed by atoms with E-state index in [4.69, 9.17) is 14.2 Å². The van der Waals surface area contributed by atoms with Crippen molar-refractivity contribution in [3.8, 4) is 23.3 Å². The minimum absolute atomic E-state index is 0. The molecule has 0 amide bonds. The molecule has 134 valence electrons. The minimum atomic E-state index is 0. The molecule has 3 aromatic rings. The van der Waals surface area contributed by atoms with Crippen molar-refractivity contribution >= 4 is 34.7 Å². The van der Waals surface area contributed by atoms with Gasteiger partial charge in [-0.1, -0.05) is 0 Å². The van der Waals surface area contributed by atoms with Crippen LogP contribution in [0.2, 0.25) is 0 Å². The Morgan fingerprint density at radius 1 is 0.962 bits per heavy atom. The molecular weight excluding hydrogens is 354 g/mol.